The van der Waals surface area contributed by atoms with Crippen molar-refractivity contribution in [3.63, 3.8) is 0 Å². The molecule has 0 bridgehead atoms. The highest BCUT2D eigenvalue weighted by atomic mass is 16.5. The number of nitrogens with two attached hydrogens (primary N) is 1. The van der Waals surface area contributed by atoms with Crippen molar-refractivity contribution >= 4 is 5.82 Å². The van der Waals surface area contributed by atoms with Crippen LogP contribution in [0.15, 0.2) is 12.3 Å². The summed E-state index contributed by atoms with van der Waals surface area (Å²) in [7, 11) is 0. The summed E-state index contributed by atoms with van der Waals surface area (Å²) in [5.74, 6) is 1.24. The SMILES string of the molecule is CC(C)COCCN1CCC(n2ccc(N)n2)CC1. The van der Waals surface area contributed by atoms with Gasteiger partial charge in [-0.25, -0.2) is 0 Å². The highest BCUT2D eigenvalue weighted by Gasteiger charge is 2.20. The number of anilines is 1. The van der Waals surface area contributed by atoms with Gasteiger partial charge in [0.25, 0.3) is 0 Å². The van der Waals surface area contributed by atoms with Crippen molar-refractivity contribution in [1.82, 2.24) is 14.7 Å². The third-order valence-corrected chi connectivity index (χ3v) is 3.56. The number of aromatic nitrogens is 2. The van der Waals surface area contributed by atoms with Crippen LogP contribution < -0.4 is 5.73 Å². The Labute approximate surface area is 115 Å². The maximum atomic E-state index is 5.66. The minimum Gasteiger partial charge on any atom is -0.382 e. The molecule has 0 unspecified atom stereocenters. The minimum absolute atomic E-state index is 0.505. The van der Waals surface area contributed by atoms with Gasteiger partial charge in [0.2, 0.25) is 0 Å². The molecule has 1 saturated heterocycles. The minimum atomic E-state index is 0.505. The number of nitrogens with zero attached hydrogens (tertiary/aromatic N) is 3. The van der Waals surface area contributed by atoms with Crippen LogP contribution >= 0.6 is 0 Å². The van der Waals surface area contributed by atoms with E-state index in [2.05, 4.69) is 23.8 Å². The van der Waals surface area contributed by atoms with Gasteiger partial charge >= 0.3 is 0 Å². The number of hydrogen-bond acceptors (Lipinski definition) is 4. The smallest absolute Gasteiger partial charge is 0.145 e. The summed E-state index contributed by atoms with van der Waals surface area (Å²) in [5.41, 5.74) is 5.66. The van der Waals surface area contributed by atoms with Crippen LogP contribution in [0, 0.1) is 5.92 Å². The van der Waals surface area contributed by atoms with Crippen LogP contribution in [0.25, 0.3) is 0 Å². The number of likely N-dealkylation sites (tertiary alicyclic amines) is 1. The lowest BCUT2D eigenvalue weighted by Gasteiger charge is -2.31. The Morgan fingerprint density at radius 3 is 2.74 bits per heavy atom. The molecule has 0 aliphatic carbocycles. The predicted octanol–water partition coefficient (Wildman–Crippen LogP) is 1.77. The number of rotatable bonds is 6. The molecular formula is C14H26N4O. The van der Waals surface area contributed by atoms with Crippen LogP contribution in [0.1, 0.15) is 32.7 Å². The molecule has 0 saturated carbocycles. The van der Waals surface area contributed by atoms with Gasteiger partial charge in [-0.2, -0.15) is 5.10 Å². The number of nitrogen functional groups attached to an aromatic ring is 1. The molecule has 19 heavy (non-hydrogen) atoms. The molecule has 1 aliphatic rings. The van der Waals surface area contributed by atoms with Crippen molar-refractivity contribution in [2.24, 2.45) is 5.92 Å². The summed E-state index contributed by atoms with van der Waals surface area (Å²) in [6.45, 7) is 9.36. The van der Waals surface area contributed by atoms with Crippen LogP contribution in [0.5, 0.6) is 0 Å². The lowest BCUT2D eigenvalue weighted by Crippen LogP contribution is -2.37. The number of hydrogen-bond donors (Lipinski definition) is 1. The van der Waals surface area contributed by atoms with Gasteiger partial charge in [-0.05, 0) is 24.8 Å². The van der Waals surface area contributed by atoms with Gasteiger partial charge in [-0.3, -0.25) is 4.68 Å². The lowest BCUT2D eigenvalue weighted by atomic mass is 10.1. The summed E-state index contributed by atoms with van der Waals surface area (Å²) >= 11 is 0. The van der Waals surface area contributed by atoms with Crippen molar-refractivity contribution in [1.29, 1.82) is 0 Å². The largest absolute Gasteiger partial charge is 0.382 e. The Balaban J connectivity index is 1.65. The Morgan fingerprint density at radius 1 is 1.42 bits per heavy atom. The van der Waals surface area contributed by atoms with E-state index >= 15 is 0 Å². The maximum absolute atomic E-state index is 5.66. The van der Waals surface area contributed by atoms with Gasteiger partial charge in [0.15, 0.2) is 0 Å². The van der Waals surface area contributed by atoms with Gasteiger partial charge in [0, 0.05) is 32.4 Å². The zero-order valence-electron chi connectivity index (χ0n) is 12.1. The molecule has 1 fully saturated rings. The van der Waals surface area contributed by atoms with Crippen molar-refractivity contribution in [3.05, 3.63) is 12.3 Å². The molecule has 5 nitrogen and oxygen atoms in total. The van der Waals surface area contributed by atoms with E-state index in [1.807, 2.05) is 16.9 Å². The van der Waals surface area contributed by atoms with E-state index in [1.165, 1.54) is 0 Å². The zero-order chi connectivity index (χ0) is 13.7. The highest BCUT2D eigenvalue weighted by molar-refractivity contribution is 5.24. The number of ether oxygens (including phenoxy) is 1. The predicted molar refractivity (Wildman–Crippen MR) is 77.0 cm³/mol. The summed E-state index contributed by atoms with van der Waals surface area (Å²) < 4.78 is 7.65. The average Bonchev–Trinajstić information content (AvgIpc) is 2.82. The molecule has 2 N–H and O–H groups in total. The van der Waals surface area contributed by atoms with Crippen molar-refractivity contribution in [2.75, 3.05) is 38.6 Å². The first kappa shape index (κ1) is 14.3. The molecule has 0 atom stereocenters. The fraction of sp³-hybridized carbons (Fsp3) is 0.786. The Hall–Kier alpha value is -1.07. The first-order valence-corrected chi connectivity index (χ1v) is 7.26. The number of piperidine rings is 1. The fourth-order valence-electron chi connectivity index (χ4n) is 2.48. The van der Waals surface area contributed by atoms with Crippen molar-refractivity contribution in [3.8, 4) is 0 Å². The summed E-state index contributed by atoms with van der Waals surface area (Å²) in [5, 5.41) is 4.31. The molecule has 0 radical (unpaired) electrons. The topological polar surface area (TPSA) is 56.3 Å². The molecule has 2 heterocycles. The molecule has 0 aromatic carbocycles. The fourth-order valence-corrected chi connectivity index (χ4v) is 2.48. The monoisotopic (exact) mass is 266 g/mol. The Bertz CT molecular complexity index is 369. The van der Waals surface area contributed by atoms with Gasteiger partial charge < -0.3 is 15.4 Å². The van der Waals surface area contributed by atoms with Crippen molar-refractivity contribution < 1.29 is 4.74 Å². The maximum Gasteiger partial charge on any atom is 0.145 e. The molecule has 0 amide bonds. The van der Waals surface area contributed by atoms with Gasteiger partial charge in [0.05, 0.1) is 12.6 Å². The third kappa shape index (κ3) is 4.51. The zero-order valence-corrected chi connectivity index (χ0v) is 12.1. The first-order valence-electron chi connectivity index (χ1n) is 7.26. The summed E-state index contributed by atoms with van der Waals surface area (Å²) in [6.07, 6.45) is 4.28. The van der Waals surface area contributed by atoms with Crippen LogP contribution in [0.3, 0.4) is 0 Å². The second-order valence-corrected chi connectivity index (χ2v) is 5.76. The van der Waals surface area contributed by atoms with E-state index in [4.69, 9.17) is 10.5 Å². The van der Waals surface area contributed by atoms with E-state index in [-0.39, 0.29) is 0 Å². The van der Waals surface area contributed by atoms with E-state index in [1.54, 1.807) is 0 Å². The third-order valence-electron chi connectivity index (χ3n) is 3.56. The molecule has 1 aromatic heterocycles. The van der Waals surface area contributed by atoms with Crippen LogP contribution in [0.4, 0.5) is 5.82 Å². The second-order valence-electron chi connectivity index (χ2n) is 5.76. The van der Waals surface area contributed by atoms with Crippen LogP contribution in [0.2, 0.25) is 0 Å². The first-order chi connectivity index (χ1) is 9.15. The van der Waals surface area contributed by atoms with Crippen LogP contribution in [-0.4, -0.2) is 47.5 Å². The molecular weight excluding hydrogens is 240 g/mol. The molecule has 0 spiro atoms. The van der Waals surface area contributed by atoms with Gasteiger partial charge in [0.1, 0.15) is 5.82 Å². The standard InChI is InChI=1S/C14H26N4O/c1-12(2)11-19-10-9-17-6-3-13(4-7-17)18-8-5-14(15)16-18/h5,8,12-13H,3-4,6-7,9-11H2,1-2H3,(H2,15,16). The molecule has 5 heteroatoms. The van der Waals surface area contributed by atoms with E-state index in [9.17, 15) is 0 Å². The van der Waals surface area contributed by atoms with Gasteiger partial charge in [-0.15, -0.1) is 0 Å². The Morgan fingerprint density at radius 2 is 2.16 bits per heavy atom. The molecule has 2 rings (SSSR count). The van der Waals surface area contributed by atoms with E-state index in [0.717, 1.165) is 45.7 Å². The quantitative estimate of drug-likeness (QED) is 0.797. The lowest BCUT2D eigenvalue weighted by molar-refractivity contribution is 0.0738. The highest BCUT2D eigenvalue weighted by Crippen LogP contribution is 2.21. The average molecular weight is 266 g/mol. The molecule has 1 aliphatic heterocycles. The second kappa shape index (κ2) is 6.91. The van der Waals surface area contributed by atoms with E-state index < -0.39 is 0 Å². The normalized spacial score (nSPS) is 18.3. The molecule has 108 valence electrons. The summed E-state index contributed by atoms with van der Waals surface area (Å²) in [4.78, 5) is 2.48. The summed E-state index contributed by atoms with van der Waals surface area (Å²) in [6, 6.07) is 2.37. The van der Waals surface area contributed by atoms with Crippen LogP contribution in [-0.2, 0) is 4.74 Å². The van der Waals surface area contributed by atoms with Gasteiger partial charge in [-0.1, -0.05) is 13.8 Å². The molecule has 1 aromatic rings. The Kier molecular flexibility index (Phi) is 5.22. The van der Waals surface area contributed by atoms with Crippen molar-refractivity contribution in [2.45, 2.75) is 32.7 Å². The van der Waals surface area contributed by atoms with E-state index in [0.29, 0.717) is 17.8 Å².